The highest BCUT2D eigenvalue weighted by Crippen LogP contribution is 2.36. The third kappa shape index (κ3) is 8.41. The molecule has 1 fully saturated rings. The summed E-state index contributed by atoms with van der Waals surface area (Å²) in [6.45, 7) is 8.90. The van der Waals surface area contributed by atoms with Gasteiger partial charge in [-0.2, -0.15) is 0 Å². The summed E-state index contributed by atoms with van der Waals surface area (Å²) in [5.74, 6) is 2.12. The molecule has 128 valence electrons. The Labute approximate surface area is 143 Å². The number of rotatable bonds is 9. The molecule has 0 aromatic heterocycles. The van der Waals surface area contributed by atoms with Gasteiger partial charge >= 0.3 is 0 Å². The smallest absolute Gasteiger partial charge is 0.133 e. The van der Waals surface area contributed by atoms with Crippen molar-refractivity contribution < 1.29 is 4.79 Å². The van der Waals surface area contributed by atoms with Gasteiger partial charge in [-0.25, -0.2) is 0 Å². The van der Waals surface area contributed by atoms with E-state index in [0.29, 0.717) is 12.2 Å². The van der Waals surface area contributed by atoms with Gasteiger partial charge in [0.2, 0.25) is 0 Å². The van der Waals surface area contributed by atoms with Crippen molar-refractivity contribution in [2.24, 2.45) is 17.3 Å². The zero-order valence-corrected chi connectivity index (χ0v) is 16.1. The summed E-state index contributed by atoms with van der Waals surface area (Å²) in [5.41, 5.74) is 0.246. The average Bonchev–Trinajstić information content (AvgIpc) is 2.43. The van der Waals surface area contributed by atoms with Crippen molar-refractivity contribution in [3.05, 3.63) is 0 Å². The molecule has 1 aliphatic rings. The Bertz CT molecular complexity index is 351. The van der Waals surface area contributed by atoms with Gasteiger partial charge in [-0.3, -0.25) is 4.79 Å². The molecular formula is C20H36OS. The van der Waals surface area contributed by atoms with Crippen LogP contribution in [0.2, 0.25) is 0 Å². The normalized spacial score (nSPS) is 22.5. The van der Waals surface area contributed by atoms with E-state index in [1.807, 2.05) is 0 Å². The molecule has 0 heterocycles. The zero-order chi connectivity index (χ0) is 16.6. The lowest BCUT2D eigenvalue weighted by Crippen LogP contribution is -2.20. The first-order valence-corrected chi connectivity index (χ1v) is 9.76. The summed E-state index contributed by atoms with van der Waals surface area (Å²) in [7, 11) is 0. The van der Waals surface area contributed by atoms with E-state index in [4.69, 9.17) is 12.2 Å². The fraction of sp³-hybridized carbons (Fsp3) is 0.900. The Morgan fingerprint density at radius 3 is 2.14 bits per heavy atom. The van der Waals surface area contributed by atoms with Crippen molar-refractivity contribution in [1.82, 2.24) is 0 Å². The van der Waals surface area contributed by atoms with Crippen LogP contribution in [0, 0.1) is 17.3 Å². The van der Waals surface area contributed by atoms with Crippen LogP contribution in [0.4, 0.5) is 0 Å². The highest BCUT2D eigenvalue weighted by atomic mass is 32.1. The fourth-order valence-electron chi connectivity index (χ4n) is 3.85. The Kier molecular flexibility index (Phi) is 8.82. The Morgan fingerprint density at radius 1 is 1.00 bits per heavy atom. The van der Waals surface area contributed by atoms with E-state index in [2.05, 4.69) is 27.7 Å². The summed E-state index contributed by atoms with van der Waals surface area (Å²) in [6, 6.07) is 0. The lowest BCUT2D eigenvalue weighted by molar-refractivity contribution is -0.119. The van der Waals surface area contributed by atoms with Crippen LogP contribution in [-0.4, -0.2) is 10.6 Å². The summed E-state index contributed by atoms with van der Waals surface area (Å²) in [6.07, 6.45) is 12.5. The van der Waals surface area contributed by atoms with Crippen molar-refractivity contribution >= 4 is 22.9 Å². The Morgan fingerprint density at radius 2 is 1.59 bits per heavy atom. The molecule has 0 aliphatic heterocycles. The van der Waals surface area contributed by atoms with Gasteiger partial charge in [0, 0.05) is 12.8 Å². The molecule has 0 aromatic carbocycles. The fourth-order valence-corrected chi connectivity index (χ4v) is 4.38. The third-order valence-electron chi connectivity index (χ3n) is 4.93. The molecule has 0 spiro atoms. The molecule has 0 radical (unpaired) electrons. The lowest BCUT2D eigenvalue weighted by Gasteiger charge is -2.31. The average molecular weight is 325 g/mol. The van der Waals surface area contributed by atoms with Crippen molar-refractivity contribution in [1.29, 1.82) is 0 Å². The largest absolute Gasteiger partial charge is 0.300 e. The SMILES string of the molecule is CCCC1CCCCC1CCC(=O)CCC(=S)CC(C)(C)C. The Hall–Kier alpha value is -0.240. The van der Waals surface area contributed by atoms with Crippen LogP contribution in [0.1, 0.15) is 98.3 Å². The molecule has 0 N–H and O–H groups in total. The number of hydrogen-bond donors (Lipinski definition) is 0. The minimum absolute atomic E-state index is 0.246. The molecule has 0 bridgehead atoms. The maximum absolute atomic E-state index is 12.2. The standard InChI is InChI=1S/C20H36OS/c1-5-8-16-9-6-7-10-17(16)11-12-18(21)13-14-19(22)15-20(2,3)4/h16-17H,5-15H2,1-4H3. The molecule has 1 saturated carbocycles. The predicted octanol–water partition coefficient (Wildman–Crippen LogP) is 6.53. The first-order valence-electron chi connectivity index (χ1n) is 9.35. The molecule has 2 heteroatoms. The molecule has 22 heavy (non-hydrogen) atoms. The van der Waals surface area contributed by atoms with Crippen LogP contribution in [0.25, 0.3) is 0 Å². The Balaban J connectivity index is 2.25. The maximum Gasteiger partial charge on any atom is 0.133 e. The summed E-state index contributed by atoms with van der Waals surface area (Å²) >= 11 is 5.43. The maximum atomic E-state index is 12.2. The molecule has 0 aromatic rings. The molecule has 2 unspecified atom stereocenters. The number of ketones is 1. The van der Waals surface area contributed by atoms with Crippen LogP contribution in [0.5, 0.6) is 0 Å². The number of Topliss-reactive ketones (excluding diaryl/α,β-unsaturated/α-hetero) is 1. The monoisotopic (exact) mass is 324 g/mol. The molecular weight excluding hydrogens is 288 g/mol. The molecule has 0 saturated heterocycles. The third-order valence-corrected chi connectivity index (χ3v) is 5.28. The number of carbonyl (C=O) groups is 1. The van der Waals surface area contributed by atoms with E-state index in [9.17, 15) is 4.79 Å². The summed E-state index contributed by atoms with van der Waals surface area (Å²) in [5, 5.41) is 0. The van der Waals surface area contributed by atoms with Gasteiger partial charge in [-0.15, -0.1) is 0 Å². The topological polar surface area (TPSA) is 17.1 Å². The first-order chi connectivity index (χ1) is 10.3. The van der Waals surface area contributed by atoms with Gasteiger partial charge in [0.05, 0.1) is 0 Å². The van der Waals surface area contributed by atoms with Crippen LogP contribution >= 0.6 is 12.2 Å². The number of thiocarbonyl (C=S) groups is 1. The van der Waals surface area contributed by atoms with Gasteiger partial charge in [0.25, 0.3) is 0 Å². The summed E-state index contributed by atoms with van der Waals surface area (Å²) in [4.78, 5) is 13.2. The quantitative estimate of drug-likeness (QED) is 0.449. The second kappa shape index (κ2) is 9.80. The van der Waals surface area contributed by atoms with E-state index in [1.54, 1.807) is 0 Å². The van der Waals surface area contributed by atoms with Gasteiger partial charge in [0.1, 0.15) is 5.78 Å². The van der Waals surface area contributed by atoms with E-state index in [1.165, 1.54) is 38.5 Å². The molecule has 1 rings (SSSR count). The van der Waals surface area contributed by atoms with Crippen LogP contribution in [-0.2, 0) is 4.79 Å². The highest BCUT2D eigenvalue weighted by molar-refractivity contribution is 7.80. The van der Waals surface area contributed by atoms with Crippen molar-refractivity contribution in [3.8, 4) is 0 Å². The van der Waals surface area contributed by atoms with E-state index >= 15 is 0 Å². The van der Waals surface area contributed by atoms with E-state index < -0.39 is 0 Å². The van der Waals surface area contributed by atoms with Gasteiger partial charge in [-0.1, -0.05) is 78.4 Å². The second-order valence-electron chi connectivity index (χ2n) is 8.45. The molecule has 1 nitrogen and oxygen atoms in total. The van der Waals surface area contributed by atoms with Crippen molar-refractivity contribution in [2.75, 3.05) is 0 Å². The van der Waals surface area contributed by atoms with E-state index in [0.717, 1.165) is 42.4 Å². The minimum atomic E-state index is 0.246. The van der Waals surface area contributed by atoms with Crippen LogP contribution in [0.15, 0.2) is 0 Å². The zero-order valence-electron chi connectivity index (χ0n) is 15.2. The number of carbonyl (C=O) groups excluding carboxylic acids is 1. The molecule has 0 amide bonds. The molecule has 1 aliphatic carbocycles. The van der Waals surface area contributed by atoms with Crippen LogP contribution < -0.4 is 0 Å². The van der Waals surface area contributed by atoms with Gasteiger partial charge in [0.15, 0.2) is 0 Å². The van der Waals surface area contributed by atoms with Crippen molar-refractivity contribution in [3.63, 3.8) is 0 Å². The predicted molar refractivity (Wildman–Crippen MR) is 101 cm³/mol. The van der Waals surface area contributed by atoms with E-state index in [-0.39, 0.29) is 5.41 Å². The minimum Gasteiger partial charge on any atom is -0.300 e. The van der Waals surface area contributed by atoms with Crippen LogP contribution in [0.3, 0.4) is 0 Å². The van der Waals surface area contributed by atoms with Crippen molar-refractivity contribution in [2.45, 2.75) is 98.3 Å². The highest BCUT2D eigenvalue weighted by Gasteiger charge is 2.24. The van der Waals surface area contributed by atoms with Gasteiger partial charge in [-0.05, 0) is 41.4 Å². The number of hydrogen-bond acceptors (Lipinski definition) is 2. The summed E-state index contributed by atoms with van der Waals surface area (Å²) < 4.78 is 0. The lowest BCUT2D eigenvalue weighted by atomic mass is 9.74. The molecule has 2 atom stereocenters. The first kappa shape index (κ1) is 19.8. The second-order valence-corrected chi connectivity index (χ2v) is 9.02. The van der Waals surface area contributed by atoms with Gasteiger partial charge < -0.3 is 0 Å².